The van der Waals surface area contributed by atoms with E-state index in [1.54, 1.807) is 5.56 Å². The van der Waals surface area contributed by atoms with Crippen molar-refractivity contribution in [3.05, 3.63) is 131 Å². The van der Waals surface area contributed by atoms with Crippen molar-refractivity contribution in [3.63, 3.8) is 0 Å². The molecule has 0 unspecified atom stereocenters. The Bertz CT molecular complexity index is 2240. The molecule has 0 atom stereocenters. The smallest absolute Gasteiger partial charge is 0.137 e. The SMILES string of the molecule is CCCc1cc(CC)c(-c2cnn(-c3cccc(Oc4ccc5c6ccccc6n(-c6cc(C)ccn6)c5c4)c3)c2)c(CC)c1CCC. The Morgan fingerprint density at radius 3 is 2.29 bits per heavy atom. The molecule has 0 saturated heterocycles. The van der Waals surface area contributed by atoms with E-state index in [1.165, 1.54) is 50.6 Å². The van der Waals surface area contributed by atoms with Crippen LogP contribution in [-0.2, 0) is 25.7 Å². The third-order valence-electron chi connectivity index (χ3n) is 9.44. The lowest BCUT2D eigenvalue weighted by Crippen LogP contribution is -2.05. The molecule has 0 aliphatic heterocycles. The van der Waals surface area contributed by atoms with Gasteiger partial charge in [0.25, 0.3) is 0 Å². The van der Waals surface area contributed by atoms with Crippen molar-refractivity contribution in [2.45, 2.75) is 73.1 Å². The third kappa shape index (κ3) is 5.79. The summed E-state index contributed by atoms with van der Waals surface area (Å²) in [6, 6.07) is 29.6. The second-order valence-electron chi connectivity index (χ2n) is 12.7. The van der Waals surface area contributed by atoms with Crippen molar-refractivity contribution in [2.24, 2.45) is 0 Å². The van der Waals surface area contributed by atoms with Gasteiger partial charge in [-0.25, -0.2) is 9.67 Å². The van der Waals surface area contributed by atoms with E-state index in [0.717, 1.165) is 66.1 Å². The molecule has 48 heavy (non-hydrogen) atoms. The number of aryl methyl sites for hydroxylation is 3. The van der Waals surface area contributed by atoms with E-state index < -0.39 is 0 Å². The van der Waals surface area contributed by atoms with Gasteiger partial charge in [0.15, 0.2) is 0 Å². The van der Waals surface area contributed by atoms with Crippen molar-refractivity contribution < 1.29 is 4.74 Å². The first-order chi connectivity index (χ1) is 23.5. The third-order valence-corrected chi connectivity index (χ3v) is 9.44. The van der Waals surface area contributed by atoms with Crippen molar-refractivity contribution in [1.29, 1.82) is 0 Å². The Labute approximate surface area is 283 Å². The van der Waals surface area contributed by atoms with Gasteiger partial charge in [0, 0.05) is 40.9 Å². The Morgan fingerprint density at radius 2 is 1.50 bits per heavy atom. The maximum Gasteiger partial charge on any atom is 0.137 e. The van der Waals surface area contributed by atoms with Crippen molar-refractivity contribution in [1.82, 2.24) is 19.3 Å². The van der Waals surface area contributed by atoms with Gasteiger partial charge in [-0.05, 0) is 108 Å². The van der Waals surface area contributed by atoms with Crippen molar-refractivity contribution in [3.8, 4) is 34.1 Å². The van der Waals surface area contributed by atoms with Gasteiger partial charge in [-0.3, -0.25) is 4.57 Å². The average molecular weight is 633 g/mol. The number of hydrogen-bond acceptors (Lipinski definition) is 3. The number of nitrogens with zero attached hydrogens (tertiary/aromatic N) is 4. The average Bonchev–Trinajstić information content (AvgIpc) is 3.72. The molecule has 0 fully saturated rings. The summed E-state index contributed by atoms with van der Waals surface area (Å²) in [7, 11) is 0. The van der Waals surface area contributed by atoms with E-state index in [2.05, 4.69) is 112 Å². The van der Waals surface area contributed by atoms with Gasteiger partial charge in [-0.2, -0.15) is 5.10 Å². The first kappa shape index (κ1) is 31.4. The van der Waals surface area contributed by atoms with Crippen LogP contribution in [0.5, 0.6) is 11.5 Å². The first-order valence-corrected chi connectivity index (χ1v) is 17.5. The largest absolute Gasteiger partial charge is 0.457 e. The molecule has 5 nitrogen and oxygen atoms in total. The molecule has 3 heterocycles. The number of para-hydroxylation sites is 1. The van der Waals surface area contributed by atoms with Crippen LogP contribution in [0.15, 0.2) is 104 Å². The summed E-state index contributed by atoms with van der Waals surface area (Å²) >= 11 is 0. The number of aromatic nitrogens is 4. The van der Waals surface area contributed by atoms with E-state index in [9.17, 15) is 0 Å². The van der Waals surface area contributed by atoms with Crippen molar-refractivity contribution >= 4 is 21.8 Å². The summed E-state index contributed by atoms with van der Waals surface area (Å²) in [5.41, 5.74) is 12.9. The molecule has 242 valence electrons. The molecular weight excluding hydrogens is 589 g/mol. The second-order valence-corrected chi connectivity index (χ2v) is 12.7. The molecule has 7 rings (SSSR count). The minimum absolute atomic E-state index is 0.762. The maximum absolute atomic E-state index is 6.53. The standard InChI is InChI=1S/C43H44N4O/c1-6-13-31-24-30(8-3)43(36(9-4)37(31)14-7-2)32-27-45-46(28-32)33-15-12-16-34(25-33)48-35-19-20-39-38-17-10-11-18-40(38)47(41(39)26-35)42-23-29(5)21-22-44-42/h10-12,15-28H,6-9,13-14H2,1-5H3. The van der Waals surface area contributed by atoms with Gasteiger partial charge >= 0.3 is 0 Å². The summed E-state index contributed by atoms with van der Waals surface area (Å²) in [5.74, 6) is 2.43. The molecule has 7 aromatic rings. The van der Waals surface area contributed by atoms with Crippen LogP contribution in [0.3, 0.4) is 0 Å². The predicted molar refractivity (Wildman–Crippen MR) is 199 cm³/mol. The predicted octanol–water partition coefficient (Wildman–Crippen LogP) is 11.2. The highest BCUT2D eigenvalue weighted by Crippen LogP contribution is 2.37. The van der Waals surface area contributed by atoms with Gasteiger partial charge in [0.05, 0.1) is 22.9 Å². The van der Waals surface area contributed by atoms with E-state index >= 15 is 0 Å². The fourth-order valence-electron chi connectivity index (χ4n) is 7.31. The number of fused-ring (bicyclic) bond motifs is 3. The Hall–Kier alpha value is -5.16. The molecule has 5 heteroatoms. The van der Waals surface area contributed by atoms with Crippen LogP contribution in [0.1, 0.15) is 68.4 Å². The molecule has 0 saturated carbocycles. The lowest BCUT2D eigenvalue weighted by molar-refractivity contribution is 0.483. The topological polar surface area (TPSA) is 44.9 Å². The zero-order chi connectivity index (χ0) is 33.2. The molecule has 0 aliphatic rings. The molecule has 0 amide bonds. The normalized spacial score (nSPS) is 11.5. The van der Waals surface area contributed by atoms with Gasteiger partial charge in [0.1, 0.15) is 17.3 Å². The van der Waals surface area contributed by atoms with Crippen LogP contribution >= 0.6 is 0 Å². The fourth-order valence-corrected chi connectivity index (χ4v) is 7.31. The molecule has 0 bridgehead atoms. The molecular formula is C43H44N4O. The first-order valence-electron chi connectivity index (χ1n) is 17.5. The zero-order valence-corrected chi connectivity index (χ0v) is 28.8. The van der Waals surface area contributed by atoms with E-state index in [1.807, 2.05) is 35.3 Å². The van der Waals surface area contributed by atoms with Gasteiger partial charge in [-0.1, -0.05) is 70.9 Å². The summed E-state index contributed by atoms with van der Waals surface area (Å²) in [6.07, 6.45) is 12.7. The Kier molecular flexibility index (Phi) is 8.86. The van der Waals surface area contributed by atoms with Crippen LogP contribution < -0.4 is 4.74 Å². The van der Waals surface area contributed by atoms with Crippen molar-refractivity contribution in [2.75, 3.05) is 0 Å². The number of benzene rings is 4. The van der Waals surface area contributed by atoms with Crippen LogP contribution in [0.2, 0.25) is 0 Å². The van der Waals surface area contributed by atoms with Crippen LogP contribution in [0, 0.1) is 6.92 Å². The van der Waals surface area contributed by atoms with Gasteiger partial charge in [-0.15, -0.1) is 0 Å². The van der Waals surface area contributed by atoms with E-state index in [0.29, 0.717) is 0 Å². The molecule has 0 N–H and O–H groups in total. The number of rotatable bonds is 11. The summed E-state index contributed by atoms with van der Waals surface area (Å²) in [6.45, 7) is 11.2. The van der Waals surface area contributed by atoms with E-state index in [-0.39, 0.29) is 0 Å². The minimum Gasteiger partial charge on any atom is -0.457 e. The quantitative estimate of drug-likeness (QED) is 0.143. The highest BCUT2D eigenvalue weighted by Gasteiger charge is 2.19. The number of pyridine rings is 1. The van der Waals surface area contributed by atoms with E-state index in [4.69, 9.17) is 14.8 Å². The molecule has 0 radical (unpaired) electrons. The van der Waals surface area contributed by atoms with Crippen LogP contribution in [0.4, 0.5) is 0 Å². The highest BCUT2D eigenvalue weighted by atomic mass is 16.5. The van der Waals surface area contributed by atoms with Crippen LogP contribution in [0.25, 0.3) is 44.4 Å². The molecule has 4 aromatic carbocycles. The maximum atomic E-state index is 6.53. The van der Waals surface area contributed by atoms with Gasteiger partial charge < -0.3 is 4.74 Å². The Morgan fingerprint density at radius 1 is 0.688 bits per heavy atom. The monoisotopic (exact) mass is 632 g/mol. The molecule has 3 aromatic heterocycles. The molecule has 0 aliphatic carbocycles. The lowest BCUT2D eigenvalue weighted by Gasteiger charge is -2.21. The summed E-state index contributed by atoms with van der Waals surface area (Å²) in [4.78, 5) is 4.73. The molecule has 0 spiro atoms. The lowest BCUT2D eigenvalue weighted by atomic mass is 9.84. The number of ether oxygens (including phenoxy) is 1. The summed E-state index contributed by atoms with van der Waals surface area (Å²) < 4.78 is 10.7. The fraction of sp³-hybridized carbons (Fsp3) is 0.256. The zero-order valence-electron chi connectivity index (χ0n) is 28.8. The second kappa shape index (κ2) is 13.5. The minimum atomic E-state index is 0.762. The highest BCUT2D eigenvalue weighted by molar-refractivity contribution is 6.09. The van der Waals surface area contributed by atoms with Gasteiger partial charge in [0.2, 0.25) is 0 Å². The summed E-state index contributed by atoms with van der Waals surface area (Å²) in [5, 5.41) is 7.23. The Balaban J connectivity index is 1.24. The van der Waals surface area contributed by atoms with Crippen LogP contribution in [-0.4, -0.2) is 19.3 Å². The number of hydrogen-bond donors (Lipinski definition) is 0.